The Balaban J connectivity index is 0.000000208. The Morgan fingerprint density at radius 1 is 0.721 bits per heavy atom. The van der Waals surface area contributed by atoms with Crippen LogP contribution in [0.1, 0.15) is 19.5 Å². The van der Waals surface area contributed by atoms with Crippen molar-refractivity contribution >= 4 is 88.0 Å². The van der Waals surface area contributed by atoms with Crippen molar-refractivity contribution < 1.29 is 16.8 Å². The van der Waals surface area contributed by atoms with E-state index >= 15 is 0 Å². The molecule has 0 atom stereocenters. The van der Waals surface area contributed by atoms with Crippen molar-refractivity contribution in [3.8, 4) is 0 Å². The third-order valence-corrected chi connectivity index (χ3v) is 10.9. The number of nitrogens with zero attached hydrogens (tertiary/aromatic N) is 4. The van der Waals surface area contributed by atoms with E-state index in [1.807, 2.05) is 6.07 Å². The van der Waals surface area contributed by atoms with Crippen LogP contribution in [0.3, 0.4) is 0 Å². The molecule has 226 valence electrons. The molecular weight excluding hydrogens is 676 g/mol. The molecule has 0 aliphatic rings. The van der Waals surface area contributed by atoms with Gasteiger partial charge >= 0.3 is 0 Å². The lowest BCUT2D eigenvalue weighted by atomic mass is 10.2. The maximum atomic E-state index is 13.0. The Morgan fingerprint density at radius 2 is 1.28 bits per heavy atom. The summed E-state index contributed by atoms with van der Waals surface area (Å²) in [6, 6.07) is 14.7. The number of fused-ring (bicyclic) bond motifs is 2. The van der Waals surface area contributed by atoms with Gasteiger partial charge in [0, 0.05) is 53.2 Å². The van der Waals surface area contributed by atoms with Crippen LogP contribution in [0, 0.1) is 0 Å². The van der Waals surface area contributed by atoms with E-state index in [4.69, 9.17) is 46.4 Å². The van der Waals surface area contributed by atoms with Crippen LogP contribution in [0.15, 0.2) is 83.0 Å². The third kappa shape index (κ3) is 7.55. The summed E-state index contributed by atoms with van der Waals surface area (Å²) in [6.07, 6.45) is 4.52. The summed E-state index contributed by atoms with van der Waals surface area (Å²) in [4.78, 5) is 12.4. The molecule has 2 aromatic carbocycles. The fourth-order valence-corrected chi connectivity index (χ4v) is 7.45. The highest BCUT2D eigenvalue weighted by Crippen LogP contribution is 2.31. The van der Waals surface area contributed by atoms with Gasteiger partial charge in [0.15, 0.2) is 0 Å². The van der Waals surface area contributed by atoms with Crippen molar-refractivity contribution in [1.29, 1.82) is 0 Å². The Hall–Kier alpha value is -2.61. The molecule has 3 aromatic heterocycles. The smallest absolute Gasteiger partial charge is 0.243 e. The molecule has 3 heterocycles. The maximum Gasteiger partial charge on any atom is 0.243 e. The second kappa shape index (κ2) is 14.0. The molecule has 15 heteroatoms. The topological polar surface area (TPSA) is 122 Å². The predicted molar refractivity (Wildman–Crippen MR) is 172 cm³/mol. The van der Waals surface area contributed by atoms with E-state index in [-0.39, 0.29) is 26.6 Å². The van der Waals surface area contributed by atoms with Crippen LogP contribution in [-0.4, -0.2) is 49.2 Å². The van der Waals surface area contributed by atoms with E-state index in [0.29, 0.717) is 50.4 Å². The van der Waals surface area contributed by atoms with E-state index < -0.39 is 20.0 Å². The normalized spacial score (nSPS) is 12.0. The minimum atomic E-state index is -3.71. The van der Waals surface area contributed by atoms with Gasteiger partial charge in [-0.25, -0.2) is 31.5 Å². The van der Waals surface area contributed by atoms with E-state index in [2.05, 4.69) is 19.7 Å². The number of benzene rings is 2. The number of hydrogen-bond acceptors (Lipinski definition) is 7. The van der Waals surface area contributed by atoms with Gasteiger partial charge in [0.05, 0.1) is 32.1 Å². The summed E-state index contributed by atoms with van der Waals surface area (Å²) in [7, 11) is -7.22. The lowest BCUT2D eigenvalue weighted by Gasteiger charge is -2.20. The van der Waals surface area contributed by atoms with Crippen molar-refractivity contribution in [3.63, 3.8) is 0 Å². The van der Waals surface area contributed by atoms with Gasteiger partial charge < -0.3 is 0 Å². The zero-order valence-corrected chi connectivity index (χ0v) is 27.5. The first kappa shape index (κ1) is 33.3. The number of sulfonamides is 2. The Kier molecular flexibility index (Phi) is 10.8. The lowest BCUT2D eigenvalue weighted by Crippen LogP contribution is -2.30. The van der Waals surface area contributed by atoms with Gasteiger partial charge in [0.1, 0.15) is 10.3 Å². The Labute approximate surface area is 269 Å². The molecule has 0 unspecified atom stereocenters. The van der Waals surface area contributed by atoms with Crippen molar-refractivity contribution in [1.82, 2.24) is 24.0 Å². The molecule has 1 N–H and O–H groups in total. The van der Waals surface area contributed by atoms with E-state index in [9.17, 15) is 16.8 Å². The fraction of sp³-hybridized carbons (Fsp3) is 0.179. The fourth-order valence-electron chi connectivity index (χ4n) is 4.10. The first-order valence-electron chi connectivity index (χ1n) is 12.8. The number of halogens is 4. The van der Waals surface area contributed by atoms with Crippen molar-refractivity contribution in [2.24, 2.45) is 0 Å². The van der Waals surface area contributed by atoms with Crippen LogP contribution in [0.25, 0.3) is 21.5 Å². The SMILES string of the molecule is CCN(Cc1ccccn1)S(=O)(=O)c1ccc2c(Cl)cnc(Cl)c2c1.CCNS(=O)(=O)c1ccc2c(Cl)cnc(Cl)c2c1. The molecule has 0 saturated carbocycles. The summed E-state index contributed by atoms with van der Waals surface area (Å²) in [6.45, 7) is 4.33. The van der Waals surface area contributed by atoms with Crippen molar-refractivity contribution in [2.45, 2.75) is 30.2 Å². The quantitative estimate of drug-likeness (QED) is 0.173. The van der Waals surface area contributed by atoms with Gasteiger partial charge in [-0.15, -0.1) is 0 Å². The van der Waals surface area contributed by atoms with Crippen LogP contribution >= 0.6 is 46.4 Å². The Bertz CT molecular complexity index is 2000. The highest BCUT2D eigenvalue weighted by atomic mass is 35.5. The number of aromatic nitrogens is 3. The minimum Gasteiger partial charge on any atom is -0.260 e. The second-order valence-corrected chi connectivity index (χ2v) is 14.2. The molecule has 0 fully saturated rings. The second-order valence-electron chi connectivity index (χ2n) is 8.96. The van der Waals surface area contributed by atoms with Crippen molar-refractivity contribution in [3.05, 3.63) is 99.2 Å². The average Bonchev–Trinajstić information content (AvgIpc) is 3.00. The highest BCUT2D eigenvalue weighted by Gasteiger charge is 2.24. The predicted octanol–water partition coefficient (Wildman–Crippen LogP) is 6.99. The summed E-state index contributed by atoms with van der Waals surface area (Å²) in [5, 5.41) is 3.64. The van der Waals surface area contributed by atoms with Crippen LogP contribution in [-0.2, 0) is 26.6 Å². The number of pyridine rings is 3. The van der Waals surface area contributed by atoms with Gasteiger partial charge in [-0.3, -0.25) is 4.98 Å². The summed E-state index contributed by atoms with van der Waals surface area (Å²) >= 11 is 24.1. The number of nitrogens with one attached hydrogen (secondary N) is 1. The molecule has 9 nitrogen and oxygen atoms in total. The lowest BCUT2D eigenvalue weighted by molar-refractivity contribution is 0.419. The third-order valence-electron chi connectivity index (χ3n) is 6.22. The molecule has 0 spiro atoms. The van der Waals surface area contributed by atoms with Crippen LogP contribution in [0.2, 0.25) is 20.4 Å². The van der Waals surface area contributed by atoms with Crippen LogP contribution in [0.5, 0.6) is 0 Å². The highest BCUT2D eigenvalue weighted by molar-refractivity contribution is 7.89. The number of hydrogen-bond donors (Lipinski definition) is 1. The number of rotatable bonds is 8. The maximum absolute atomic E-state index is 13.0. The van der Waals surface area contributed by atoms with Gasteiger partial charge in [0.25, 0.3) is 0 Å². The zero-order valence-electron chi connectivity index (χ0n) is 22.8. The molecule has 5 aromatic rings. The molecular formula is C28H25Cl4N5O4S2. The zero-order chi connectivity index (χ0) is 31.4. The molecule has 5 rings (SSSR count). The summed E-state index contributed by atoms with van der Waals surface area (Å²) in [5.41, 5.74) is 0.677. The molecule has 0 amide bonds. The van der Waals surface area contributed by atoms with E-state index in [1.54, 1.807) is 44.3 Å². The molecule has 0 bridgehead atoms. The Morgan fingerprint density at radius 3 is 1.79 bits per heavy atom. The van der Waals surface area contributed by atoms with E-state index in [1.165, 1.54) is 41.0 Å². The summed E-state index contributed by atoms with van der Waals surface area (Å²) in [5.74, 6) is 0. The molecule has 0 aliphatic heterocycles. The van der Waals surface area contributed by atoms with Gasteiger partial charge in [-0.05, 0) is 36.4 Å². The monoisotopic (exact) mass is 699 g/mol. The van der Waals surface area contributed by atoms with Crippen LogP contribution in [0.4, 0.5) is 0 Å². The average molecular weight is 701 g/mol. The van der Waals surface area contributed by atoms with Gasteiger partial charge in [-0.2, -0.15) is 4.31 Å². The first-order valence-corrected chi connectivity index (χ1v) is 17.2. The first-order chi connectivity index (χ1) is 20.4. The summed E-state index contributed by atoms with van der Waals surface area (Å²) < 4.78 is 53.5. The standard InChI is InChI=1S/C17H15Cl2N3O2S.C11H10Cl2N2O2S/c1-2-22(11-12-5-3-4-8-20-12)25(23,24)13-6-7-14-15(9-13)17(19)21-10-16(14)18;1-2-15-18(16,17)7-3-4-8-9(5-7)11(13)14-6-10(8)12/h3-10H,2,11H2,1H3;3-6,15H,2H2,1H3. The molecule has 0 aliphatic carbocycles. The largest absolute Gasteiger partial charge is 0.260 e. The molecule has 43 heavy (non-hydrogen) atoms. The minimum absolute atomic E-state index is 0.141. The van der Waals surface area contributed by atoms with Crippen molar-refractivity contribution in [2.75, 3.05) is 13.1 Å². The van der Waals surface area contributed by atoms with Crippen LogP contribution < -0.4 is 4.72 Å². The van der Waals surface area contributed by atoms with Gasteiger partial charge in [0.2, 0.25) is 20.0 Å². The molecule has 0 saturated heterocycles. The molecule has 0 radical (unpaired) electrons. The van der Waals surface area contributed by atoms with Gasteiger partial charge in [-0.1, -0.05) is 78.5 Å². The van der Waals surface area contributed by atoms with E-state index in [0.717, 1.165) is 0 Å².